The average molecular weight is 186 g/mol. The summed E-state index contributed by atoms with van der Waals surface area (Å²) < 4.78 is 5.45. The average Bonchev–Trinajstić information content (AvgIpc) is 2.56. The van der Waals surface area contributed by atoms with Crippen molar-refractivity contribution >= 4 is 5.78 Å². The largest absolute Gasteiger partial charge is 0.396 e. The van der Waals surface area contributed by atoms with Gasteiger partial charge in [0.1, 0.15) is 5.78 Å². The van der Waals surface area contributed by atoms with Crippen LogP contribution in [0.1, 0.15) is 32.6 Å². The topological polar surface area (TPSA) is 46.5 Å². The summed E-state index contributed by atoms with van der Waals surface area (Å²) in [6, 6.07) is 0. The second-order valence-corrected chi connectivity index (χ2v) is 3.69. The zero-order chi connectivity index (χ0) is 9.68. The van der Waals surface area contributed by atoms with Gasteiger partial charge >= 0.3 is 0 Å². The van der Waals surface area contributed by atoms with Crippen molar-refractivity contribution in [1.29, 1.82) is 0 Å². The lowest BCUT2D eigenvalue weighted by atomic mass is 9.93. The fourth-order valence-electron chi connectivity index (χ4n) is 1.79. The van der Waals surface area contributed by atoms with Crippen molar-refractivity contribution in [3.8, 4) is 0 Å². The highest BCUT2D eigenvalue weighted by atomic mass is 16.5. The molecule has 1 rings (SSSR count). The molecule has 0 saturated carbocycles. The number of ketones is 1. The van der Waals surface area contributed by atoms with Gasteiger partial charge in [-0.05, 0) is 32.6 Å². The van der Waals surface area contributed by atoms with Gasteiger partial charge in [0.2, 0.25) is 0 Å². The molecule has 0 aromatic carbocycles. The molecule has 1 aliphatic rings. The molecule has 0 bridgehead atoms. The molecule has 76 valence electrons. The van der Waals surface area contributed by atoms with Gasteiger partial charge in [0, 0.05) is 19.1 Å². The first kappa shape index (κ1) is 10.7. The summed E-state index contributed by atoms with van der Waals surface area (Å²) in [6.45, 7) is 2.51. The van der Waals surface area contributed by atoms with E-state index in [2.05, 4.69) is 0 Å². The molecule has 0 amide bonds. The highest BCUT2D eigenvalue weighted by Crippen LogP contribution is 2.22. The Balaban J connectivity index is 2.32. The Morgan fingerprint density at radius 1 is 1.69 bits per heavy atom. The van der Waals surface area contributed by atoms with Gasteiger partial charge in [0.25, 0.3) is 0 Å². The fraction of sp³-hybridized carbons (Fsp3) is 0.900. The van der Waals surface area contributed by atoms with Gasteiger partial charge in [-0.2, -0.15) is 0 Å². The molecule has 0 aromatic heterocycles. The van der Waals surface area contributed by atoms with E-state index in [1.807, 2.05) is 0 Å². The number of hydrogen-bond donors (Lipinski definition) is 1. The number of aliphatic hydroxyl groups excluding tert-OH is 1. The summed E-state index contributed by atoms with van der Waals surface area (Å²) in [4.78, 5) is 11.2. The van der Waals surface area contributed by atoms with Crippen molar-refractivity contribution in [1.82, 2.24) is 0 Å². The maximum atomic E-state index is 11.2. The molecule has 1 N–H and O–H groups in total. The Bertz CT molecular complexity index is 162. The predicted molar refractivity (Wildman–Crippen MR) is 49.5 cm³/mol. The van der Waals surface area contributed by atoms with Crippen LogP contribution < -0.4 is 0 Å². The van der Waals surface area contributed by atoms with E-state index in [9.17, 15) is 4.79 Å². The number of rotatable bonds is 5. The molecule has 0 aliphatic carbocycles. The fourth-order valence-corrected chi connectivity index (χ4v) is 1.79. The third kappa shape index (κ3) is 3.44. The standard InChI is InChI=1S/C10H18O3/c1-8(12)9(4-5-11)7-10-3-2-6-13-10/h9-11H,2-7H2,1H3. The van der Waals surface area contributed by atoms with Crippen LogP contribution in [0.5, 0.6) is 0 Å². The first-order valence-electron chi connectivity index (χ1n) is 4.97. The highest BCUT2D eigenvalue weighted by Gasteiger charge is 2.22. The van der Waals surface area contributed by atoms with Gasteiger partial charge in [0.15, 0.2) is 0 Å². The van der Waals surface area contributed by atoms with Gasteiger partial charge in [-0.15, -0.1) is 0 Å². The molecule has 1 heterocycles. The Kier molecular flexibility index (Phi) is 4.39. The van der Waals surface area contributed by atoms with Crippen molar-refractivity contribution in [3.63, 3.8) is 0 Å². The molecule has 13 heavy (non-hydrogen) atoms. The van der Waals surface area contributed by atoms with Crippen molar-refractivity contribution in [3.05, 3.63) is 0 Å². The van der Waals surface area contributed by atoms with E-state index in [0.717, 1.165) is 25.9 Å². The molecule has 1 saturated heterocycles. The minimum atomic E-state index is -0.00639. The van der Waals surface area contributed by atoms with Crippen LogP contribution in [0.2, 0.25) is 0 Å². The lowest BCUT2D eigenvalue weighted by Crippen LogP contribution is -2.19. The van der Waals surface area contributed by atoms with E-state index in [4.69, 9.17) is 9.84 Å². The summed E-state index contributed by atoms with van der Waals surface area (Å²) in [5.41, 5.74) is 0. The molecular weight excluding hydrogens is 168 g/mol. The minimum absolute atomic E-state index is 0.00639. The monoisotopic (exact) mass is 186 g/mol. The van der Waals surface area contributed by atoms with E-state index >= 15 is 0 Å². The lowest BCUT2D eigenvalue weighted by molar-refractivity contribution is -0.122. The lowest BCUT2D eigenvalue weighted by Gasteiger charge is -2.16. The van der Waals surface area contributed by atoms with Crippen LogP contribution >= 0.6 is 0 Å². The second-order valence-electron chi connectivity index (χ2n) is 3.69. The van der Waals surface area contributed by atoms with Crippen LogP contribution in [0.4, 0.5) is 0 Å². The van der Waals surface area contributed by atoms with E-state index in [-0.39, 0.29) is 24.4 Å². The van der Waals surface area contributed by atoms with Gasteiger partial charge in [-0.1, -0.05) is 0 Å². The Morgan fingerprint density at radius 3 is 2.92 bits per heavy atom. The summed E-state index contributed by atoms with van der Waals surface area (Å²) in [5.74, 6) is 0.164. The number of carbonyl (C=O) groups excluding carboxylic acids is 1. The summed E-state index contributed by atoms with van der Waals surface area (Å²) in [7, 11) is 0. The summed E-state index contributed by atoms with van der Waals surface area (Å²) in [5, 5.41) is 8.77. The third-order valence-corrected chi connectivity index (χ3v) is 2.62. The number of ether oxygens (including phenoxy) is 1. The van der Waals surface area contributed by atoms with Crippen LogP contribution in [-0.4, -0.2) is 30.2 Å². The second kappa shape index (κ2) is 5.35. The number of aliphatic hydroxyl groups is 1. The molecule has 1 aliphatic heterocycles. The van der Waals surface area contributed by atoms with Crippen LogP contribution in [-0.2, 0) is 9.53 Å². The highest BCUT2D eigenvalue weighted by molar-refractivity contribution is 5.78. The molecule has 3 nitrogen and oxygen atoms in total. The van der Waals surface area contributed by atoms with Crippen molar-refractivity contribution in [2.75, 3.05) is 13.2 Å². The Hall–Kier alpha value is -0.410. The van der Waals surface area contributed by atoms with Gasteiger partial charge in [0.05, 0.1) is 6.10 Å². The molecule has 1 fully saturated rings. The number of carbonyl (C=O) groups is 1. The van der Waals surface area contributed by atoms with E-state index in [1.165, 1.54) is 0 Å². The minimum Gasteiger partial charge on any atom is -0.396 e. The molecule has 0 radical (unpaired) electrons. The van der Waals surface area contributed by atoms with Gasteiger partial charge in [-0.3, -0.25) is 4.79 Å². The first-order chi connectivity index (χ1) is 6.24. The molecule has 0 aromatic rings. The van der Waals surface area contributed by atoms with E-state index in [0.29, 0.717) is 6.42 Å². The number of Topliss-reactive ketones (excluding diaryl/α,β-unsaturated/α-hetero) is 1. The third-order valence-electron chi connectivity index (χ3n) is 2.62. The molecule has 3 heteroatoms. The van der Waals surface area contributed by atoms with Crippen molar-refractivity contribution in [2.24, 2.45) is 5.92 Å². The van der Waals surface area contributed by atoms with Crippen molar-refractivity contribution < 1.29 is 14.6 Å². The predicted octanol–water partition coefficient (Wildman–Crippen LogP) is 1.14. The Labute approximate surface area is 79.1 Å². The normalized spacial score (nSPS) is 24.6. The van der Waals surface area contributed by atoms with Crippen LogP contribution in [0.25, 0.3) is 0 Å². The Morgan fingerprint density at radius 2 is 2.46 bits per heavy atom. The van der Waals surface area contributed by atoms with Crippen LogP contribution in [0, 0.1) is 5.92 Å². The number of hydrogen-bond acceptors (Lipinski definition) is 3. The molecule has 2 unspecified atom stereocenters. The SMILES string of the molecule is CC(=O)C(CCO)CC1CCCO1. The quantitative estimate of drug-likeness (QED) is 0.700. The van der Waals surface area contributed by atoms with Gasteiger partial charge in [-0.25, -0.2) is 0 Å². The van der Waals surface area contributed by atoms with Crippen molar-refractivity contribution in [2.45, 2.75) is 38.7 Å². The van der Waals surface area contributed by atoms with Crippen LogP contribution in [0.3, 0.4) is 0 Å². The summed E-state index contributed by atoms with van der Waals surface area (Å²) >= 11 is 0. The van der Waals surface area contributed by atoms with E-state index in [1.54, 1.807) is 6.92 Å². The smallest absolute Gasteiger partial charge is 0.133 e. The van der Waals surface area contributed by atoms with Crippen LogP contribution in [0.15, 0.2) is 0 Å². The zero-order valence-corrected chi connectivity index (χ0v) is 8.16. The van der Waals surface area contributed by atoms with E-state index < -0.39 is 0 Å². The maximum absolute atomic E-state index is 11.2. The first-order valence-corrected chi connectivity index (χ1v) is 4.97. The molecule has 0 spiro atoms. The summed E-state index contributed by atoms with van der Waals surface area (Å²) in [6.07, 6.45) is 3.79. The zero-order valence-electron chi connectivity index (χ0n) is 8.16. The van der Waals surface area contributed by atoms with Gasteiger partial charge < -0.3 is 9.84 Å². The molecular formula is C10H18O3. The molecule has 2 atom stereocenters. The maximum Gasteiger partial charge on any atom is 0.133 e.